The lowest BCUT2D eigenvalue weighted by molar-refractivity contribution is 0.252. The second-order valence-corrected chi connectivity index (χ2v) is 6.98. The number of rotatable bonds is 5. The molecule has 2 aromatic heterocycles. The highest BCUT2D eigenvalue weighted by atomic mass is 16.2. The van der Waals surface area contributed by atoms with Gasteiger partial charge in [-0.2, -0.15) is 4.68 Å². The van der Waals surface area contributed by atoms with Gasteiger partial charge in [0.05, 0.1) is 0 Å². The molecule has 3 heterocycles. The van der Waals surface area contributed by atoms with E-state index < -0.39 is 0 Å². The van der Waals surface area contributed by atoms with Gasteiger partial charge < -0.3 is 5.32 Å². The number of pyridine rings is 1. The summed E-state index contributed by atoms with van der Waals surface area (Å²) in [5.41, 5.74) is 1.75. The third-order valence-electron chi connectivity index (χ3n) is 4.38. The molecule has 0 aliphatic carbocycles. The lowest BCUT2D eigenvalue weighted by Crippen LogP contribution is -2.27. The van der Waals surface area contributed by atoms with Crippen molar-refractivity contribution in [2.75, 3.05) is 18.0 Å². The van der Waals surface area contributed by atoms with E-state index in [-0.39, 0.29) is 6.03 Å². The average Bonchev–Trinajstić information content (AvgIpc) is 3.28. The molecule has 0 spiro atoms. The summed E-state index contributed by atoms with van der Waals surface area (Å²) >= 11 is 0. The van der Waals surface area contributed by atoms with Crippen LogP contribution < -0.4 is 10.2 Å². The Morgan fingerprint density at radius 3 is 2.78 bits per heavy atom. The standard InChI is InChI=1S/C20H22N6O/c1-14(2)12-17-23-19(26(24-17)18-8-3-4-9-21-18)15-6-5-7-16(13-15)25-11-10-22-20(25)27/h3-9,13-14H,10-12H2,1-2H3,(H,22,27). The highest BCUT2D eigenvalue weighted by molar-refractivity contribution is 5.94. The van der Waals surface area contributed by atoms with Crippen LogP contribution in [0.15, 0.2) is 48.7 Å². The topological polar surface area (TPSA) is 75.9 Å². The number of urea groups is 1. The molecule has 27 heavy (non-hydrogen) atoms. The van der Waals surface area contributed by atoms with E-state index >= 15 is 0 Å². The molecule has 0 saturated carbocycles. The summed E-state index contributed by atoms with van der Waals surface area (Å²) in [6.07, 6.45) is 2.54. The van der Waals surface area contributed by atoms with Crippen LogP contribution in [0.25, 0.3) is 17.2 Å². The van der Waals surface area contributed by atoms with Gasteiger partial charge in [0.15, 0.2) is 17.5 Å². The van der Waals surface area contributed by atoms with Crippen LogP contribution >= 0.6 is 0 Å². The zero-order valence-electron chi connectivity index (χ0n) is 15.5. The van der Waals surface area contributed by atoms with Crippen LogP contribution in [0, 0.1) is 5.92 Å². The number of carbonyl (C=O) groups is 1. The van der Waals surface area contributed by atoms with Crippen molar-refractivity contribution in [1.29, 1.82) is 0 Å². The number of amides is 2. The van der Waals surface area contributed by atoms with Gasteiger partial charge in [0.1, 0.15) is 0 Å². The summed E-state index contributed by atoms with van der Waals surface area (Å²) < 4.78 is 1.78. The number of carbonyl (C=O) groups excluding carboxylic acids is 1. The first-order valence-electron chi connectivity index (χ1n) is 9.15. The molecule has 1 fully saturated rings. The first-order chi connectivity index (χ1) is 13.1. The monoisotopic (exact) mass is 362 g/mol. The largest absolute Gasteiger partial charge is 0.336 e. The first kappa shape index (κ1) is 17.2. The molecule has 2 amide bonds. The Bertz CT molecular complexity index is 950. The van der Waals surface area contributed by atoms with E-state index in [1.807, 2.05) is 42.5 Å². The number of hydrogen-bond acceptors (Lipinski definition) is 4. The van der Waals surface area contributed by atoms with Gasteiger partial charge in [0.25, 0.3) is 0 Å². The van der Waals surface area contributed by atoms with Crippen molar-refractivity contribution in [2.24, 2.45) is 5.92 Å². The summed E-state index contributed by atoms with van der Waals surface area (Å²) in [5.74, 6) is 2.69. The highest BCUT2D eigenvalue weighted by Gasteiger charge is 2.22. The number of anilines is 1. The van der Waals surface area contributed by atoms with Crippen LogP contribution in [-0.2, 0) is 6.42 Å². The Hall–Kier alpha value is -3.22. The lowest BCUT2D eigenvalue weighted by Gasteiger charge is -2.15. The van der Waals surface area contributed by atoms with E-state index in [1.54, 1.807) is 15.8 Å². The number of benzene rings is 1. The second kappa shape index (κ2) is 7.19. The van der Waals surface area contributed by atoms with Crippen molar-refractivity contribution < 1.29 is 4.79 Å². The molecule has 0 bridgehead atoms. The molecule has 1 N–H and O–H groups in total. The van der Waals surface area contributed by atoms with Gasteiger partial charge in [-0.15, -0.1) is 5.10 Å². The SMILES string of the molecule is CC(C)Cc1nc(-c2cccc(N3CCNC3=O)c2)n(-c2ccccn2)n1. The zero-order chi connectivity index (χ0) is 18.8. The van der Waals surface area contributed by atoms with E-state index in [2.05, 4.69) is 29.2 Å². The molecule has 0 radical (unpaired) electrons. The first-order valence-corrected chi connectivity index (χ1v) is 9.15. The minimum Gasteiger partial charge on any atom is -0.336 e. The molecule has 0 atom stereocenters. The van der Waals surface area contributed by atoms with Gasteiger partial charge >= 0.3 is 6.03 Å². The second-order valence-electron chi connectivity index (χ2n) is 6.98. The third kappa shape index (κ3) is 3.53. The summed E-state index contributed by atoms with van der Waals surface area (Å²) in [6, 6.07) is 13.5. The Kier molecular flexibility index (Phi) is 4.58. The van der Waals surface area contributed by atoms with Gasteiger partial charge in [-0.25, -0.2) is 14.8 Å². The number of nitrogens with zero attached hydrogens (tertiary/aromatic N) is 5. The molecule has 7 heteroatoms. The number of hydrogen-bond donors (Lipinski definition) is 1. The van der Waals surface area contributed by atoms with Crippen LogP contribution in [0.4, 0.5) is 10.5 Å². The highest BCUT2D eigenvalue weighted by Crippen LogP contribution is 2.26. The predicted octanol–water partition coefficient (Wildman–Crippen LogP) is 3.06. The van der Waals surface area contributed by atoms with Crippen LogP contribution in [0.1, 0.15) is 19.7 Å². The van der Waals surface area contributed by atoms with Gasteiger partial charge in [-0.3, -0.25) is 4.90 Å². The molecule has 4 rings (SSSR count). The maximum absolute atomic E-state index is 12.0. The molecule has 3 aromatic rings. The summed E-state index contributed by atoms with van der Waals surface area (Å²) in [5, 5.41) is 7.52. The Morgan fingerprint density at radius 2 is 2.07 bits per heavy atom. The van der Waals surface area contributed by atoms with Crippen LogP contribution in [0.5, 0.6) is 0 Å². The number of aromatic nitrogens is 4. The number of nitrogens with one attached hydrogen (secondary N) is 1. The molecular formula is C20H22N6O. The predicted molar refractivity (Wildman–Crippen MR) is 104 cm³/mol. The maximum atomic E-state index is 12.0. The fourth-order valence-electron chi connectivity index (χ4n) is 3.16. The Morgan fingerprint density at radius 1 is 1.19 bits per heavy atom. The molecule has 0 unspecified atom stereocenters. The lowest BCUT2D eigenvalue weighted by atomic mass is 10.1. The van der Waals surface area contributed by atoms with Crippen LogP contribution in [0.2, 0.25) is 0 Å². The fraction of sp³-hybridized carbons (Fsp3) is 0.300. The van der Waals surface area contributed by atoms with E-state index in [4.69, 9.17) is 4.98 Å². The van der Waals surface area contributed by atoms with Gasteiger partial charge in [-0.1, -0.05) is 32.0 Å². The Balaban J connectivity index is 1.78. The normalized spacial score (nSPS) is 14.0. The van der Waals surface area contributed by atoms with Crippen molar-refractivity contribution in [3.63, 3.8) is 0 Å². The fourth-order valence-corrected chi connectivity index (χ4v) is 3.16. The summed E-state index contributed by atoms with van der Waals surface area (Å²) in [6.45, 7) is 5.61. The molecular weight excluding hydrogens is 340 g/mol. The van der Waals surface area contributed by atoms with Crippen LogP contribution in [0.3, 0.4) is 0 Å². The molecule has 1 aliphatic heterocycles. The zero-order valence-corrected chi connectivity index (χ0v) is 15.5. The van der Waals surface area contributed by atoms with Crippen molar-refractivity contribution in [2.45, 2.75) is 20.3 Å². The van der Waals surface area contributed by atoms with Gasteiger partial charge in [-0.05, 0) is 30.2 Å². The minimum atomic E-state index is -0.0705. The van der Waals surface area contributed by atoms with Crippen LogP contribution in [-0.4, -0.2) is 38.9 Å². The summed E-state index contributed by atoms with van der Waals surface area (Å²) in [7, 11) is 0. The van der Waals surface area contributed by atoms with E-state index in [9.17, 15) is 4.79 Å². The van der Waals surface area contributed by atoms with Crippen molar-refractivity contribution >= 4 is 11.7 Å². The summed E-state index contributed by atoms with van der Waals surface area (Å²) in [4.78, 5) is 22.9. The molecule has 1 aromatic carbocycles. The molecule has 1 aliphatic rings. The van der Waals surface area contributed by atoms with E-state index in [1.165, 1.54) is 0 Å². The molecule has 138 valence electrons. The average molecular weight is 362 g/mol. The third-order valence-corrected chi connectivity index (χ3v) is 4.38. The molecule has 1 saturated heterocycles. The maximum Gasteiger partial charge on any atom is 0.321 e. The van der Waals surface area contributed by atoms with Crippen molar-refractivity contribution in [3.8, 4) is 17.2 Å². The minimum absolute atomic E-state index is 0.0705. The van der Waals surface area contributed by atoms with Crippen molar-refractivity contribution in [3.05, 3.63) is 54.5 Å². The molecule has 7 nitrogen and oxygen atoms in total. The van der Waals surface area contributed by atoms with E-state index in [0.717, 1.165) is 35.1 Å². The van der Waals surface area contributed by atoms with Gasteiger partial charge in [0, 0.05) is 37.0 Å². The smallest absolute Gasteiger partial charge is 0.321 e. The van der Waals surface area contributed by atoms with Crippen molar-refractivity contribution in [1.82, 2.24) is 25.1 Å². The quantitative estimate of drug-likeness (QED) is 0.757. The van der Waals surface area contributed by atoms with E-state index in [0.29, 0.717) is 19.0 Å². The van der Waals surface area contributed by atoms with Gasteiger partial charge in [0.2, 0.25) is 0 Å². The Labute approximate surface area is 158 Å².